The number of H-pyrrole nitrogens is 1. The number of aromatic amines is 1. The predicted octanol–water partition coefficient (Wildman–Crippen LogP) is 2.93. The standard InChI is InChI=1S/C16H21N3O/c1-10-7-12-9-14(5-6-15(12)18-10)19-16(20)11-3-2-4-13(17)8-11/h5-7,9,11,13,18H,2-4,8,17H2,1H3,(H,19,20). The summed E-state index contributed by atoms with van der Waals surface area (Å²) in [6, 6.07) is 8.22. The summed E-state index contributed by atoms with van der Waals surface area (Å²) in [5.41, 5.74) is 9.04. The van der Waals surface area contributed by atoms with Gasteiger partial charge in [0.1, 0.15) is 0 Å². The van der Waals surface area contributed by atoms with Crippen LogP contribution in [0.25, 0.3) is 10.9 Å². The lowest BCUT2D eigenvalue weighted by molar-refractivity contribution is -0.120. The van der Waals surface area contributed by atoms with Gasteiger partial charge in [0.2, 0.25) is 5.91 Å². The van der Waals surface area contributed by atoms with Gasteiger partial charge >= 0.3 is 0 Å². The first-order chi connectivity index (χ1) is 9.61. The van der Waals surface area contributed by atoms with Crippen LogP contribution in [-0.4, -0.2) is 16.9 Å². The third kappa shape index (κ3) is 2.70. The minimum absolute atomic E-state index is 0.0578. The second kappa shape index (κ2) is 5.29. The Bertz CT molecular complexity index is 632. The third-order valence-electron chi connectivity index (χ3n) is 4.11. The van der Waals surface area contributed by atoms with Crippen LogP contribution in [0.1, 0.15) is 31.4 Å². The molecule has 1 aromatic carbocycles. The Morgan fingerprint density at radius 2 is 2.20 bits per heavy atom. The highest BCUT2D eigenvalue weighted by Gasteiger charge is 2.25. The number of benzene rings is 1. The zero-order valence-electron chi connectivity index (χ0n) is 11.8. The van der Waals surface area contributed by atoms with Crippen LogP contribution in [0.2, 0.25) is 0 Å². The van der Waals surface area contributed by atoms with Crippen LogP contribution in [0.5, 0.6) is 0 Å². The van der Waals surface area contributed by atoms with Crippen LogP contribution < -0.4 is 11.1 Å². The van der Waals surface area contributed by atoms with Gasteiger partial charge in [-0.15, -0.1) is 0 Å². The maximum Gasteiger partial charge on any atom is 0.227 e. The summed E-state index contributed by atoms with van der Waals surface area (Å²) in [5.74, 6) is 0.161. The molecule has 4 heteroatoms. The molecule has 4 nitrogen and oxygen atoms in total. The largest absolute Gasteiger partial charge is 0.359 e. The summed E-state index contributed by atoms with van der Waals surface area (Å²) in [4.78, 5) is 15.6. The first-order valence-electron chi connectivity index (χ1n) is 7.27. The van der Waals surface area contributed by atoms with E-state index in [0.29, 0.717) is 0 Å². The monoisotopic (exact) mass is 271 g/mol. The molecule has 1 saturated carbocycles. The van der Waals surface area contributed by atoms with E-state index in [1.165, 1.54) is 0 Å². The van der Waals surface area contributed by atoms with Crippen LogP contribution in [0, 0.1) is 12.8 Å². The van der Waals surface area contributed by atoms with Crippen molar-refractivity contribution in [2.45, 2.75) is 38.6 Å². The number of fused-ring (bicyclic) bond motifs is 1. The molecule has 2 unspecified atom stereocenters. The lowest BCUT2D eigenvalue weighted by Crippen LogP contribution is -2.34. The van der Waals surface area contributed by atoms with Gasteiger partial charge in [-0.25, -0.2) is 0 Å². The van der Waals surface area contributed by atoms with Crippen molar-refractivity contribution in [3.05, 3.63) is 30.0 Å². The number of rotatable bonds is 2. The van der Waals surface area contributed by atoms with Crippen LogP contribution in [0.15, 0.2) is 24.3 Å². The summed E-state index contributed by atoms with van der Waals surface area (Å²) >= 11 is 0. The second-order valence-electron chi connectivity index (χ2n) is 5.87. The van der Waals surface area contributed by atoms with Crippen molar-refractivity contribution in [3.63, 3.8) is 0 Å². The zero-order chi connectivity index (χ0) is 14.1. The number of anilines is 1. The maximum absolute atomic E-state index is 12.3. The molecule has 1 aliphatic carbocycles. The molecule has 1 aliphatic rings. The van der Waals surface area contributed by atoms with E-state index in [1.54, 1.807) is 0 Å². The summed E-state index contributed by atoms with van der Waals surface area (Å²) in [6.45, 7) is 2.03. The quantitative estimate of drug-likeness (QED) is 0.786. The minimum Gasteiger partial charge on any atom is -0.359 e. The second-order valence-corrected chi connectivity index (χ2v) is 5.87. The van der Waals surface area contributed by atoms with Gasteiger partial charge in [-0.3, -0.25) is 4.79 Å². The van der Waals surface area contributed by atoms with E-state index in [2.05, 4.69) is 16.4 Å². The minimum atomic E-state index is 0.0578. The van der Waals surface area contributed by atoms with Crippen molar-refractivity contribution in [1.29, 1.82) is 0 Å². The summed E-state index contributed by atoms with van der Waals surface area (Å²) in [7, 11) is 0. The number of carbonyl (C=O) groups excluding carboxylic acids is 1. The molecule has 1 aromatic heterocycles. The number of hydrogen-bond acceptors (Lipinski definition) is 2. The van der Waals surface area contributed by atoms with E-state index in [1.807, 2.05) is 25.1 Å². The number of hydrogen-bond donors (Lipinski definition) is 3. The van der Waals surface area contributed by atoms with Crippen LogP contribution in [0.3, 0.4) is 0 Å². The third-order valence-corrected chi connectivity index (χ3v) is 4.11. The Labute approximate surface area is 118 Å². The van der Waals surface area contributed by atoms with Gasteiger partial charge in [0, 0.05) is 34.2 Å². The molecule has 0 saturated heterocycles. The fourth-order valence-electron chi connectivity index (χ4n) is 3.07. The molecule has 1 fully saturated rings. The summed E-state index contributed by atoms with van der Waals surface area (Å²) in [5, 5.41) is 4.15. The Kier molecular flexibility index (Phi) is 3.49. The first-order valence-corrected chi connectivity index (χ1v) is 7.27. The molecule has 2 aromatic rings. The molecule has 1 heterocycles. The fraction of sp³-hybridized carbons (Fsp3) is 0.438. The molecule has 1 amide bonds. The van der Waals surface area contributed by atoms with Crippen molar-refractivity contribution in [2.24, 2.45) is 11.7 Å². The molecule has 106 valence electrons. The number of nitrogens with one attached hydrogen (secondary N) is 2. The molecule has 3 rings (SSSR count). The normalized spacial score (nSPS) is 22.9. The molecule has 0 radical (unpaired) electrons. The van der Waals surface area contributed by atoms with Gasteiger partial charge in [0.15, 0.2) is 0 Å². The van der Waals surface area contributed by atoms with Crippen molar-refractivity contribution >= 4 is 22.5 Å². The molecule has 2 atom stereocenters. The first kappa shape index (κ1) is 13.2. The predicted molar refractivity (Wildman–Crippen MR) is 81.6 cm³/mol. The lowest BCUT2D eigenvalue weighted by Gasteiger charge is -2.25. The number of aryl methyl sites for hydroxylation is 1. The van der Waals surface area contributed by atoms with Gasteiger partial charge in [0.25, 0.3) is 0 Å². The van der Waals surface area contributed by atoms with Crippen LogP contribution >= 0.6 is 0 Å². The van der Waals surface area contributed by atoms with E-state index in [-0.39, 0.29) is 17.9 Å². The Morgan fingerprint density at radius 3 is 3.00 bits per heavy atom. The highest BCUT2D eigenvalue weighted by atomic mass is 16.1. The van der Waals surface area contributed by atoms with E-state index >= 15 is 0 Å². The zero-order valence-corrected chi connectivity index (χ0v) is 11.8. The summed E-state index contributed by atoms with van der Waals surface area (Å²) in [6.07, 6.45) is 3.84. The average Bonchev–Trinajstić information content (AvgIpc) is 2.78. The van der Waals surface area contributed by atoms with E-state index < -0.39 is 0 Å². The van der Waals surface area contributed by atoms with Crippen molar-refractivity contribution < 1.29 is 4.79 Å². The van der Waals surface area contributed by atoms with Gasteiger partial charge in [-0.2, -0.15) is 0 Å². The average molecular weight is 271 g/mol. The lowest BCUT2D eigenvalue weighted by atomic mass is 9.85. The SMILES string of the molecule is Cc1cc2cc(NC(=O)C3CCCC(N)C3)ccc2[nH]1. The smallest absolute Gasteiger partial charge is 0.227 e. The Hall–Kier alpha value is -1.81. The topological polar surface area (TPSA) is 70.9 Å². The van der Waals surface area contributed by atoms with E-state index in [4.69, 9.17) is 5.73 Å². The Balaban J connectivity index is 1.73. The van der Waals surface area contributed by atoms with Crippen LogP contribution in [0.4, 0.5) is 5.69 Å². The van der Waals surface area contributed by atoms with E-state index in [9.17, 15) is 4.79 Å². The van der Waals surface area contributed by atoms with Crippen molar-refractivity contribution in [1.82, 2.24) is 4.98 Å². The van der Waals surface area contributed by atoms with Gasteiger partial charge in [-0.1, -0.05) is 6.42 Å². The highest BCUT2D eigenvalue weighted by Crippen LogP contribution is 2.25. The molecule has 4 N–H and O–H groups in total. The maximum atomic E-state index is 12.3. The van der Waals surface area contributed by atoms with Gasteiger partial charge in [-0.05, 0) is 50.5 Å². The summed E-state index contributed by atoms with van der Waals surface area (Å²) < 4.78 is 0. The number of carbonyl (C=O) groups is 1. The Morgan fingerprint density at radius 1 is 1.35 bits per heavy atom. The fourth-order valence-corrected chi connectivity index (χ4v) is 3.07. The highest BCUT2D eigenvalue weighted by molar-refractivity contribution is 5.95. The number of nitrogens with two attached hydrogens (primary N) is 1. The molecule has 20 heavy (non-hydrogen) atoms. The number of amides is 1. The van der Waals surface area contributed by atoms with Crippen LogP contribution in [-0.2, 0) is 4.79 Å². The molecular formula is C16H21N3O. The van der Waals surface area contributed by atoms with E-state index in [0.717, 1.165) is 48.0 Å². The van der Waals surface area contributed by atoms with Gasteiger partial charge in [0.05, 0.1) is 0 Å². The van der Waals surface area contributed by atoms with Crippen molar-refractivity contribution in [2.75, 3.05) is 5.32 Å². The molecular weight excluding hydrogens is 250 g/mol. The number of aromatic nitrogens is 1. The van der Waals surface area contributed by atoms with Gasteiger partial charge < -0.3 is 16.0 Å². The molecule has 0 spiro atoms. The molecule has 0 bridgehead atoms. The molecule has 0 aliphatic heterocycles. The van der Waals surface area contributed by atoms with Crippen molar-refractivity contribution in [3.8, 4) is 0 Å².